The van der Waals surface area contributed by atoms with Crippen molar-refractivity contribution in [3.05, 3.63) is 85.1 Å². The van der Waals surface area contributed by atoms with Crippen LogP contribution in [-0.4, -0.2) is 100 Å². The number of aliphatic hydroxyl groups is 5. The average Bonchev–Trinajstić information content (AvgIpc) is 3.38. The van der Waals surface area contributed by atoms with E-state index in [2.05, 4.69) is 92.1 Å². The molecule has 1 fully saturated rings. The molecule has 0 aromatic carbocycles. The van der Waals surface area contributed by atoms with Crippen molar-refractivity contribution in [1.29, 1.82) is 0 Å². The van der Waals surface area contributed by atoms with E-state index in [1.807, 2.05) is 6.08 Å². The summed E-state index contributed by atoms with van der Waals surface area (Å²) in [6, 6.07) is -0.849. The summed E-state index contributed by atoms with van der Waals surface area (Å²) in [5.74, 6) is -0.266. The lowest BCUT2D eigenvalue weighted by molar-refractivity contribution is -0.302. The van der Waals surface area contributed by atoms with Gasteiger partial charge >= 0.3 is 5.97 Å². The lowest BCUT2D eigenvalue weighted by Gasteiger charge is -2.40. The first kappa shape index (κ1) is 66.9. The van der Waals surface area contributed by atoms with E-state index in [9.17, 15) is 35.1 Å². The van der Waals surface area contributed by atoms with Crippen LogP contribution in [0.2, 0.25) is 0 Å². The standard InChI is InChI=1S/C61H105NO10/c1-3-5-7-9-11-13-15-17-25-29-33-37-41-45-49-57(66)70-50-46-42-38-34-30-26-22-20-18-19-21-24-28-32-36-40-44-48-56(65)62-53(52-71-61-60(69)59(68)58(67)55(51-63)72-61)54(64)47-43-39-35-31-27-23-16-14-12-10-8-6-4-2/h9,11-12,14-15,17-18,20,26-27,30-31,43,47,53-55,58-61,63-64,67-69H,3-8,10,13,16,19,21-25,28-29,32-42,44-46,48-52H2,1-2H3,(H,62,65)/b11-9-,14-12+,17-15-,20-18-,30-26-,31-27+,47-43+. The molecule has 0 aromatic rings. The fraction of sp³-hybridized carbons (Fsp3) is 0.738. The number of rotatable bonds is 48. The van der Waals surface area contributed by atoms with Crippen LogP contribution in [0.5, 0.6) is 0 Å². The maximum atomic E-state index is 13.0. The number of amides is 1. The molecular weight excluding hydrogens is 907 g/mol. The molecule has 1 heterocycles. The number of allylic oxidation sites excluding steroid dienone is 13. The fourth-order valence-electron chi connectivity index (χ4n) is 8.27. The van der Waals surface area contributed by atoms with E-state index < -0.39 is 49.5 Å². The van der Waals surface area contributed by atoms with Crippen molar-refractivity contribution in [1.82, 2.24) is 5.32 Å². The first-order chi connectivity index (χ1) is 35.2. The van der Waals surface area contributed by atoms with Gasteiger partial charge in [0.2, 0.25) is 5.91 Å². The van der Waals surface area contributed by atoms with Crippen molar-refractivity contribution in [3.63, 3.8) is 0 Å². The van der Waals surface area contributed by atoms with Gasteiger partial charge < -0.3 is 45.1 Å². The molecule has 1 aliphatic rings. The van der Waals surface area contributed by atoms with Gasteiger partial charge in [0.05, 0.1) is 32.0 Å². The number of esters is 1. The summed E-state index contributed by atoms with van der Waals surface area (Å²) in [6.07, 6.45) is 56.6. The Morgan fingerprint density at radius 2 is 0.958 bits per heavy atom. The summed E-state index contributed by atoms with van der Waals surface area (Å²) in [6.45, 7) is 4.16. The molecule has 0 aliphatic carbocycles. The molecule has 0 aromatic heterocycles. The van der Waals surface area contributed by atoms with Gasteiger partial charge in [-0.05, 0) is 122 Å². The number of aliphatic hydroxyl groups excluding tert-OH is 5. The third-order valence-electron chi connectivity index (χ3n) is 12.9. The smallest absolute Gasteiger partial charge is 0.305 e. The SMILES string of the molecule is CCCC/C=C\C/C=C\CCCCCCCC(=O)OCCCCC/C=C\C/C=C\CCCCCCCCCC(=O)NC(COC1OC(CO)C(O)C(O)C1O)C(O)/C=C/CC/C=C/CC/C=C/CCCCC. The van der Waals surface area contributed by atoms with Gasteiger partial charge in [0.25, 0.3) is 0 Å². The van der Waals surface area contributed by atoms with E-state index in [0.29, 0.717) is 25.9 Å². The molecule has 1 aliphatic heterocycles. The first-order valence-corrected chi connectivity index (χ1v) is 28.9. The van der Waals surface area contributed by atoms with Crippen LogP contribution in [0.25, 0.3) is 0 Å². The number of hydrogen-bond acceptors (Lipinski definition) is 10. The second-order valence-corrected chi connectivity index (χ2v) is 19.6. The maximum absolute atomic E-state index is 13.0. The third-order valence-corrected chi connectivity index (χ3v) is 12.9. The number of unbranched alkanes of at least 4 members (excludes halogenated alkanes) is 22. The molecule has 6 N–H and O–H groups in total. The maximum Gasteiger partial charge on any atom is 0.305 e. The molecule has 0 saturated carbocycles. The Kier molecular flexibility index (Phi) is 46.4. The molecule has 72 heavy (non-hydrogen) atoms. The highest BCUT2D eigenvalue weighted by Gasteiger charge is 2.44. The van der Waals surface area contributed by atoms with Crippen molar-refractivity contribution in [2.75, 3.05) is 19.8 Å². The van der Waals surface area contributed by atoms with Crippen molar-refractivity contribution >= 4 is 11.9 Å². The van der Waals surface area contributed by atoms with E-state index in [1.54, 1.807) is 6.08 Å². The molecular formula is C61H105NO10. The van der Waals surface area contributed by atoms with Gasteiger partial charge in [-0.3, -0.25) is 9.59 Å². The van der Waals surface area contributed by atoms with Gasteiger partial charge in [-0.2, -0.15) is 0 Å². The third kappa shape index (κ3) is 39.3. The number of ether oxygens (including phenoxy) is 3. The molecule has 0 spiro atoms. The van der Waals surface area contributed by atoms with E-state index in [-0.39, 0.29) is 18.5 Å². The van der Waals surface area contributed by atoms with Crippen molar-refractivity contribution in [3.8, 4) is 0 Å². The van der Waals surface area contributed by atoms with Crippen LogP contribution in [0.3, 0.4) is 0 Å². The van der Waals surface area contributed by atoms with Crippen LogP contribution in [0.15, 0.2) is 85.1 Å². The zero-order valence-electron chi connectivity index (χ0n) is 45.4. The van der Waals surface area contributed by atoms with Crippen LogP contribution in [0, 0.1) is 0 Å². The molecule has 0 bridgehead atoms. The summed E-state index contributed by atoms with van der Waals surface area (Å²) in [7, 11) is 0. The van der Waals surface area contributed by atoms with Crippen LogP contribution < -0.4 is 5.32 Å². The van der Waals surface area contributed by atoms with E-state index >= 15 is 0 Å². The summed E-state index contributed by atoms with van der Waals surface area (Å²) < 4.78 is 16.6. The summed E-state index contributed by atoms with van der Waals surface area (Å²) in [5, 5.41) is 54.3. The van der Waals surface area contributed by atoms with Gasteiger partial charge in [0.15, 0.2) is 6.29 Å². The monoisotopic (exact) mass is 1010 g/mol. The molecule has 1 rings (SSSR count). The van der Waals surface area contributed by atoms with Crippen molar-refractivity contribution < 1.29 is 49.3 Å². The zero-order chi connectivity index (χ0) is 52.4. The van der Waals surface area contributed by atoms with Gasteiger partial charge in [0.1, 0.15) is 24.4 Å². The molecule has 11 nitrogen and oxygen atoms in total. The molecule has 1 amide bonds. The molecule has 1 saturated heterocycles. The Bertz CT molecular complexity index is 1470. The van der Waals surface area contributed by atoms with E-state index in [1.165, 1.54) is 70.6 Å². The first-order valence-electron chi connectivity index (χ1n) is 28.9. The molecule has 7 atom stereocenters. The molecule has 414 valence electrons. The largest absolute Gasteiger partial charge is 0.466 e. The zero-order valence-corrected chi connectivity index (χ0v) is 45.4. The highest BCUT2D eigenvalue weighted by Crippen LogP contribution is 2.23. The minimum absolute atomic E-state index is 0.0496. The Balaban J connectivity index is 2.16. The van der Waals surface area contributed by atoms with Gasteiger partial charge in [-0.1, -0.05) is 176 Å². The normalized spacial score (nSPS) is 19.7. The minimum Gasteiger partial charge on any atom is -0.466 e. The summed E-state index contributed by atoms with van der Waals surface area (Å²) >= 11 is 0. The lowest BCUT2D eigenvalue weighted by Crippen LogP contribution is -2.60. The van der Waals surface area contributed by atoms with Gasteiger partial charge in [0, 0.05) is 12.8 Å². The second-order valence-electron chi connectivity index (χ2n) is 19.6. The van der Waals surface area contributed by atoms with Crippen LogP contribution in [-0.2, 0) is 23.8 Å². The summed E-state index contributed by atoms with van der Waals surface area (Å²) in [4.78, 5) is 25.1. The average molecular weight is 1010 g/mol. The van der Waals surface area contributed by atoms with Crippen molar-refractivity contribution in [2.24, 2.45) is 0 Å². The van der Waals surface area contributed by atoms with Gasteiger partial charge in [-0.15, -0.1) is 0 Å². The predicted molar refractivity (Wildman–Crippen MR) is 296 cm³/mol. The van der Waals surface area contributed by atoms with E-state index in [4.69, 9.17) is 14.2 Å². The fourth-order valence-corrected chi connectivity index (χ4v) is 8.27. The van der Waals surface area contributed by atoms with E-state index in [0.717, 1.165) is 122 Å². The topological polar surface area (TPSA) is 175 Å². The summed E-state index contributed by atoms with van der Waals surface area (Å²) in [5.41, 5.74) is 0. The highest BCUT2D eigenvalue weighted by molar-refractivity contribution is 5.76. The lowest BCUT2D eigenvalue weighted by atomic mass is 9.99. The minimum atomic E-state index is -1.59. The number of hydrogen-bond donors (Lipinski definition) is 6. The number of carbonyl (C=O) groups excluding carboxylic acids is 2. The number of carbonyl (C=O) groups is 2. The highest BCUT2D eigenvalue weighted by atomic mass is 16.7. The number of nitrogens with one attached hydrogen (secondary N) is 1. The quantitative estimate of drug-likeness (QED) is 0.0195. The van der Waals surface area contributed by atoms with Crippen molar-refractivity contribution in [2.45, 2.75) is 269 Å². The Labute approximate surface area is 438 Å². The Morgan fingerprint density at radius 1 is 0.514 bits per heavy atom. The Hall–Kier alpha value is -3.16. The Morgan fingerprint density at radius 3 is 1.50 bits per heavy atom. The predicted octanol–water partition coefficient (Wildman–Crippen LogP) is 13.0. The molecule has 7 unspecified atom stereocenters. The van der Waals surface area contributed by atoms with Crippen LogP contribution >= 0.6 is 0 Å². The molecule has 11 heteroatoms. The van der Waals surface area contributed by atoms with Crippen LogP contribution in [0.4, 0.5) is 0 Å². The van der Waals surface area contributed by atoms with Gasteiger partial charge in [-0.25, -0.2) is 0 Å². The second kappa shape index (κ2) is 50.0. The van der Waals surface area contributed by atoms with Crippen LogP contribution in [0.1, 0.15) is 226 Å². The molecule has 0 radical (unpaired) electrons.